The van der Waals surface area contributed by atoms with Gasteiger partial charge in [0.2, 0.25) is 0 Å². The molecule has 0 bridgehead atoms. The molecule has 0 unspecified atom stereocenters. The number of hydrogen-bond acceptors (Lipinski definition) is 7. The summed E-state index contributed by atoms with van der Waals surface area (Å²) in [6.45, 7) is 2.70. The monoisotopic (exact) mass is 256 g/mol. The first kappa shape index (κ1) is 11.2. The largest absolute Gasteiger partial charge is 0.490 e. The highest BCUT2D eigenvalue weighted by Gasteiger charge is 2.11. The van der Waals surface area contributed by atoms with Crippen molar-refractivity contribution in [2.45, 2.75) is 13.5 Å². The molecular formula is C9H12N4OS2. The van der Waals surface area contributed by atoms with Crippen LogP contribution < -0.4 is 15.8 Å². The Labute approximate surface area is 101 Å². The molecule has 2 heterocycles. The lowest BCUT2D eigenvalue weighted by atomic mass is 10.5. The summed E-state index contributed by atoms with van der Waals surface area (Å²) in [6, 6.07) is 0. The Hall–Kier alpha value is -1.34. The molecule has 5 nitrogen and oxygen atoms in total. The molecule has 16 heavy (non-hydrogen) atoms. The lowest BCUT2D eigenvalue weighted by Gasteiger charge is -2.03. The quantitative estimate of drug-likeness (QED) is 0.876. The number of nitrogen functional groups attached to an aromatic ring is 1. The van der Waals surface area contributed by atoms with Gasteiger partial charge in [0.05, 0.1) is 13.7 Å². The molecule has 2 rings (SSSR count). The molecule has 0 aliphatic rings. The normalized spacial score (nSPS) is 10.4. The van der Waals surface area contributed by atoms with Crippen molar-refractivity contribution in [2.75, 3.05) is 18.2 Å². The van der Waals surface area contributed by atoms with Crippen LogP contribution >= 0.6 is 22.9 Å². The highest BCUT2D eigenvalue weighted by atomic mass is 32.1. The summed E-state index contributed by atoms with van der Waals surface area (Å²) < 4.78 is 9.17. The van der Waals surface area contributed by atoms with Crippen molar-refractivity contribution in [3.63, 3.8) is 0 Å². The summed E-state index contributed by atoms with van der Waals surface area (Å²) in [7, 11) is 1.58. The average molecular weight is 256 g/mol. The molecule has 0 fully saturated rings. The topological polar surface area (TPSA) is 73.1 Å². The van der Waals surface area contributed by atoms with Crippen LogP contribution in [0.15, 0.2) is 6.20 Å². The fourth-order valence-electron chi connectivity index (χ4n) is 1.24. The maximum Gasteiger partial charge on any atom is 0.197 e. The molecule has 7 heteroatoms. The Morgan fingerprint density at radius 3 is 3.00 bits per heavy atom. The van der Waals surface area contributed by atoms with E-state index in [9.17, 15) is 0 Å². The Balaban J connectivity index is 2.04. The summed E-state index contributed by atoms with van der Waals surface area (Å²) in [5.41, 5.74) is 5.65. The predicted molar refractivity (Wildman–Crippen MR) is 67.3 cm³/mol. The van der Waals surface area contributed by atoms with Gasteiger partial charge in [-0.2, -0.15) is 4.37 Å². The van der Waals surface area contributed by atoms with E-state index < -0.39 is 0 Å². The third kappa shape index (κ3) is 2.25. The lowest BCUT2D eigenvalue weighted by Crippen LogP contribution is -1.99. The van der Waals surface area contributed by atoms with Crippen LogP contribution in [0.5, 0.6) is 5.75 Å². The first-order valence-electron chi connectivity index (χ1n) is 4.65. The first-order valence-corrected chi connectivity index (χ1v) is 6.24. The number of aryl methyl sites for hydroxylation is 1. The molecule has 0 atom stereocenters. The van der Waals surface area contributed by atoms with Crippen LogP contribution in [0.3, 0.4) is 0 Å². The Kier molecular flexibility index (Phi) is 3.25. The second-order valence-electron chi connectivity index (χ2n) is 3.15. The smallest absolute Gasteiger partial charge is 0.197 e. The minimum atomic E-state index is 0.422. The van der Waals surface area contributed by atoms with E-state index in [1.807, 2.05) is 13.1 Å². The molecular weight excluding hydrogens is 244 g/mol. The van der Waals surface area contributed by atoms with E-state index in [4.69, 9.17) is 10.5 Å². The number of methoxy groups -OCH3 is 1. The summed E-state index contributed by atoms with van der Waals surface area (Å²) in [5, 5.41) is 5.09. The van der Waals surface area contributed by atoms with E-state index in [-0.39, 0.29) is 0 Å². The van der Waals surface area contributed by atoms with E-state index in [0.29, 0.717) is 18.1 Å². The van der Waals surface area contributed by atoms with Crippen molar-refractivity contribution in [1.29, 1.82) is 0 Å². The van der Waals surface area contributed by atoms with Gasteiger partial charge < -0.3 is 15.8 Å². The van der Waals surface area contributed by atoms with Gasteiger partial charge in [0, 0.05) is 11.1 Å². The van der Waals surface area contributed by atoms with Crippen molar-refractivity contribution < 1.29 is 4.74 Å². The van der Waals surface area contributed by atoms with Crippen LogP contribution in [-0.4, -0.2) is 16.5 Å². The van der Waals surface area contributed by atoms with Crippen LogP contribution in [0, 0.1) is 6.92 Å². The van der Waals surface area contributed by atoms with E-state index in [1.54, 1.807) is 18.4 Å². The molecule has 0 radical (unpaired) electrons. The van der Waals surface area contributed by atoms with Crippen molar-refractivity contribution in [3.05, 3.63) is 16.1 Å². The zero-order valence-corrected chi connectivity index (χ0v) is 10.6. The zero-order valence-electron chi connectivity index (χ0n) is 8.98. The Morgan fingerprint density at radius 2 is 2.38 bits per heavy atom. The van der Waals surface area contributed by atoms with E-state index in [1.165, 1.54) is 16.4 Å². The molecule has 3 N–H and O–H groups in total. The molecule has 0 aromatic carbocycles. The third-order valence-corrected chi connectivity index (χ3v) is 3.66. The van der Waals surface area contributed by atoms with E-state index in [2.05, 4.69) is 14.7 Å². The number of nitrogens with one attached hydrogen (secondary N) is 1. The number of hydrogen-bond donors (Lipinski definition) is 2. The van der Waals surface area contributed by atoms with Gasteiger partial charge in [-0.05, 0) is 18.5 Å². The van der Waals surface area contributed by atoms with Gasteiger partial charge in [-0.1, -0.05) is 0 Å². The van der Waals surface area contributed by atoms with Crippen molar-refractivity contribution in [2.24, 2.45) is 0 Å². The molecule has 0 aliphatic carbocycles. The SMILES string of the molecule is COc1c(N)nsc1NCc1ncc(C)s1. The summed E-state index contributed by atoms with van der Waals surface area (Å²) >= 11 is 2.96. The minimum Gasteiger partial charge on any atom is -0.490 e. The number of thiazole rings is 1. The van der Waals surface area contributed by atoms with E-state index in [0.717, 1.165) is 10.0 Å². The average Bonchev–Trinajstić information content (AvgIpc) is 2.82. The van der Waals surface area contributed by atoms with Gasteiger partial charge in [-0.3, -0.25) is 0 Å². The molecule has 0 spiro atoms. The second kappa shape index (κ2) is 4.67. The number of ether oxygens (including phenoxy) is 1. The summed E-state index contributed by atoms with van der Waals surface area (Å²) in [6.07, 6.45) is 1.86. The fraction of sp³-hybridized carbons (Fsp3) is 0.333. The number of aromatic nitrogens is 2. The first-order chi connectivity index (χ1) is 7.70. The fourth-order valence-corrected chi connectivity index (χ4v) is 2.65. The number of nitrogens with two attached hydrogens (primary N) is 1. The van der Waals surface area contributed by atoms with Crippen LogP contribution in [0.25, 0.3) is 0 Å². The highest BCUT2D eigenvalue weighted by molar-refractivity contribution is 7.12. The van der Waals surface area contributed by atoms with Crippen molar-refractivity contribution in [3.8, 4) is 5.75 Å². The van der Waals surface area contributed by atoms with Crippen LogP contribution in [-0.2, 0) is 6.54 Å². The molecule has 0 saturated carbocycles. The number of anilines is 2. The lowest BCUT2D eigenvalue weighted by molar-refractivity contribution is 0.419. The highest BCUT2D eigenvalue weighted by Crippen LogP contribution is 2.34. The molecule has 0 aliphatic heterocycles. The number of nitrogens with zero attached hydrogens (tertiary/aromatic N) is 2. The second-order valence-corrected chi connectivity index (χ2v) is 5.24. The molecule has 86 valence electrons. The van der Waals surface area contributed by atoms with Crippen LogP contribution in [0.2, 0.25) is 0 Å². The van der Waals surface area contributed by atoms with Gasteiger partial charge in [0.25, 0.3) is 0 Å². The van der Waals surface area contributed by atoms with Crippen molar-refractivity contribution in [1.82, 2.24) is 9.36 Å². The molecule has 0 saturated heterocycles. The van der Waals surface area contributed by atoms with E-state index >= 15 is 0 Å². The minimum absolute atomic E-state index is 0.422. The predicted octanol–water partition coefficient (Wildman–Crippen LogP) is 2.11. The van der Waals surface area contributed by atoms with Crippen LogP contribution in [0.4, 0.5) is 10.8 Å². The summed E-state index contributed by atoms with van der Waals surface area (Å²) in [5.74, 6) is 1.03. The molecule has 2 aromatic heterocycles. The van der Waals surface area contributed by atoms with Crippen molar-refractivity contribution >= 4 is 33.7 Å². The van der Waals surface area contributed by atoms with Gasteiger partial charge in [0.15, 0.2) is 16.6 Å². The zero-order chi connectivity index (χ0) is 11.5. The molecule has 0 amide bonds. The standard InChI is InChI=1S/C9H12N4OS2/c1-5-3-11-6(15-5)4-12-9-7(14-2)8(10)13-16-9/h3,12H,4H2,1-2H3,(H2,10,13). The van der Waals surface area contributed by atoms with Crippen LogP contribution in [0.1, 0.15) is 9.88 Å². The summed E-state index contributed by atoms with van der Waals surface area (Å²) in [4.78, 5) is 5.46. The Morgan fingerprint density at radius 1 is 1.56 bits per heavy atom. The molecule has 2 aromatic rings. The third-order valence-electron chi connectivity index (χ3n) is 1.95. The number of rotatable bonds is 4. The Bertz CT molecular complexity index is 480. The van der Waals surface area contributed by atoms with Gasteiger partial charge in [-0.15, -0.1) is 11.3 Å². The van der Waals surface area contributed by atoms with Gasteiger partial charge in [0.1, 0.15) is 5.01 Å². The van der Waals surface area contributed by atoms with Gasteiger partial charge >= 0.3 is 0 Å². The van der Waals surface area contributed by atoms with Gasteiger partial charge in [-0.25, -0.2) is 4.98 Å². The maximum absolute atomic E-state index is 5.65. The maximum atomic E-state index is 5.65.